The standard InChI is InChI=1S/C22H21ClFNO4/c1-3-4-8-29-21(27)11-16-13(2)25(19-12-18(24)20(26)10-17(16)19)22(28)14-6-5-7-15(23)9-14/h5-7,9-10,12,26H,3-4,8,11H2,1-2H3. The van der Waals surface area contributed by atoms with Gasteiger partial charge in [0.2, 0.25) is 0 Å². The molecular formula is C22H21ClFNO4. The quantitative estimate of drug-likeness (QED) is 0.451. The molecule has 0 aliphatic heterocycles. The Hall–Kier alpha value is -2.86. The third-order valence-electron chi connectivity index (χ3n) is 4.76. The van der Waals surface area contributed by atoms with Crippen LogP contribution in [-0.4, -0.2) is 28.2 Å². The number of rotatable bonds is 6. The van der Waals surface area contributed by atoms with E-state index in [9.17, 15) is 19.1 Å². The fourth-order valence-electron chi connectivity index (χ4n) is 3.25. The van der Waals surface area contributed by atoms with Gasteiger partial charge in [0.25, 0.3) is 5.91 Å². The van der Waals surface area contributed by atoms with Crippen molar-refractivity contribution in [1.29, 1.82) is 0 Å². The molecule has 1 N–H and O–H groups in total. The highest BCUT2D eigenvalue weighted by Gasteiger charge is 2.23. The van der Waals surface area contributed by atoms with Gasteiger partial charge in [-0.2, -0.15) is 0 Å². The van der Waals surface area contributed by atoms with Gasteiger partial charge in [0.05, 0.1) is 18.5 Å². The number of carbonyl (C=O) groups is 2. The average molecular weight is 418 g/mol. The van der Waals surface area contributed by atoms with E-state index in [0.29, 0.717) is 33.8 Å². The Balaban J connectivity index is 2.10. The number of aromatic hydroxyl groups is 1. The molecule has 0 spiro atoms. The summed E-state index contributed by atoms with van der Waals surface area (Å²) >= 11 is 6.00. The summed E-state index contributed by atoms with van der Waals surface area (Å²) in [5.41, 5.74) is 1.57. The lowest BCUT2D eigenvalue weighted by molar-refractivity contribution is -0.142. The lowest BCUT2D eigenvalue weighted by Crippen LogP contribution is -2.15. The molecule has 2 aromatic carbocycles. The first-order valence-corrected chi connectivity index (χ1v) is 9.69. The van der Waals surface area contributed by atoms with Crippen LogP contribution < -0.4 is 0 Å². The number of phenols is 1. The monoisotopic (exact) mass is 417 g/mol. The summed E-state index contributed by atoms with van der Waals surface area (Å²) in [5, 5.41) is 10.7. The Labute approximate surface area is 172 Å². The first kappa shape index (κ1) is 20.9. The number of aromatic nitrogens is 1. The molecule has 0 unspecified atom stereocenters. The number of phenolic OH excluding ortho intramolecular Hbond substituents is 1. The molecule has 0 atom stereocenters. The molecule has 0 aliphatic carbocycles. The van der Waals surface area contributed by atoms with Crippen LogP contribution in [0.1, 0.15) is 41.4 Å². The minimum Gasteiger partial charge on any atom is -0.505 e. The highest BCUT2D eigenvalue weighted by molar-refractivity contribution is 6.31. The molecule has 0 aliphatic rings. The Kier molecular flexibility index (Phi) is 6.23. The van der Waals surface area contributed by atoms with Crippen molar-refractivity contribution < 1.29 is 23.8 Å². The van der Waals surface area contributed by atoms with E-state index in [1.54, 1.807) is 25.1 Å². The number of ether oxygens (including phenoxy) is 1. The lowest BCUT2D eigenvalue weighted by Gasteiger charge is -2.08. The Morgan fingerprint density at radius 2 is 2.00 bits per heavy atom. The van der Waals surface area contributed by atoms with Crippen LogP contribution >= 0.6 is 11.6 Å². The summed E-state index contributed by atoms with van der Waals surface area (Å²) in [7, 11) is 0. The second-order valence-electron chi connectivity index (χ2n) is 6.79. The van der Waals surface area contributed by atoms with E-state index in [0.717, 1.165) is 18.9 Å². The normalized spacial score (nSPS) is 11.0. The van der Waals surface area contributed by atoms with Crippen LogP contribution in [0.25, 0.3) is 10.9 Å². The molecule has 5 nitrogen and oxygen atoms in total. The number of unbranched alkanes of at least 4 members (excludes halogenated alkanes) is 1. The van der Waals surface area contributed by atoms with Crippen LogP contribution in [0.5, 0.6) is 5.75 Å². The average Bonchev–Trinajstić information content (AvgIpc) is 2.93. The highest BCUT2D eigenvalue weighted by Crippen LogP contribution is 2.32. The number of hydrogen-bond donors (Lipinski definition) is 1. The summed E-state index contributed by atoms with van der Waals surface area (Å²) in [5.74, 6) is -2.26. The minimum absolute atomic E-state index is 0.0903. The maximum absolute atomic E-state index is 14.1. The first-order chi connectivity index (χ1) is 13.8. The van der Waals surface area contributed by atoms with E-state index in [1.807, 2.05) is 6.92 Å². The van der Waals surface area contributed by atoms with Gasteiger partial charge in [-0.05, 0) is 43.2 Å². The Morgan fingerprint density at radius 1 is 1.24 bits per heavy atom. The van der Waals surface area contributed by atoms with Gasteiger partial charge in [-0.25, -0.2) is 4.39 Å². The van der Waals surface area contributed by atoms with Gasteiger partial charge in [-0.15, -0.1) is 0 Å². The molecule has 29 heavy (non-hydrogen) atoms. The zero-order chi connectivity index (χ0) is 21.1. The van der Waals surface area contributed by atoms with Gasteiger partial charge in [0.15, 0.2) is 11.6 Å². The van der Waals surface area contributed by atoms with Crippen molar-refractivity contribution >= 4 is 34.4 Å². The number of nitrogens with zero attached hydrogens (tertiary/aromatic N) is 1. The minimum atomic E-state index is -0.854. The van der Waals surface area contributed by atoms with Crippen molar-refractivity contribution in [2.45, 2.75) is 33.1 Å². The largest absolute Gasteiger partial charge is 0.505 e. The molecule has 1 heterocycles. The molecule has 3 rings (SSSR count). The Bertz CT molecular complexity index is 1090. The Morgan fingerprint density at radius 3 is 2.69 bits per heavy atom. The summed E-state index contributed by atoms with van der Waals surface area (Å²) in [4.78, 5) is 25.4. The van der Waals surface area contributed by atoms with Crippen molar-refractivity contribution in [3.05, 3.63) is 64.1 Å². The molecule has 1 aromatic heterocycles. The summed E-state index contributed by atoms with van der Waals surface area (Å²) in [6.45, 7) is 3.98. The van der Waals surface area contributed by atoms with Crippen molar-refractivity contribution in [2.24, 2.45) is 0 Å². The zero-order valence-electron chi connectivity index (χ0n) is 16.2. The topological polar surface area (TPSA) is 68.5 Å². The number of fused-ring (bicyclic) bond motifs is 1. The van der Waals surface area contributed by atoms with E-state index in [-0.39, 0.29) is 11.9 Å². The molecule has 0 fully saturated rings. The van der Waals surface area contributed by atoms with Crippen LogP contribution in [0.3, 0.4) is 0 Å². The fraction of sp³-hybridized carbons (Fsp3) is 0.273. The first-order valence-electron chi connectivity index (χ1n) is 9.31. The molecule has 3 aromatic rings. The maximum Gasteiger partial charge on any atom is 0.310 e. The molecule has 0 bridgehead atoms. The molecule has 0 saturated heterocycles. The van der Waals surface area contributed by atoms with Gasteiger partial charge >= 0.3 is 5.97 Å². The van der Waals surface area contributed by atoms with E-state index in [4.69, 9.17) is 16.3 Å². The van der Waals surface area contributed by atoms with Crippen LogP contribution in [0.2, 0.25) is 5.02 Å². The number of esters is 1. The van der Waals surface area contributed by atoms with Crippen LogP contribution in [0.15, 0.2) is 36.4 Å². The second kappa shape index (κ2) is 8.66. The van der Waals surface area contributed by atoms with Gasteiger partial charge in [-0.3, -0.25) is 14.2 Å². The number of carbonyl (C=O) groups excluding carboxylic acids is 2. The van der Waals surface area contributed by atoms with Crippen molar-refractivity contribution in [3.63, 3.8) is 0 Å². The van der Waals surface area contributed by atoms with Crippen LogP contribution in [0, 0.1) is 12.7 Å². The number of benzene rings is 2. The highest BCUT2D eigenvalue weighted by atomic mass is 35.5. The SMILES string of the molecule is CCCCOC(=O)Cc1c(C)n(C(=O)c2cccc(Cl)c2)c2cc(F)c(O)cc12. The van der Waals surface area contributed by atoms with Crippen molar-refractivity contribution in [3.8, 4) is 5.75 Å². The maximum atomic E-state index is 14.1. The van der Waals surface area contributed by atoms with E-state index in [1.165, 1.54) is 16.7 Å². The summed E-state index contributed by atoms with van der Waals surface area (Å²) in [6.07, 6.45) is 1.56. The fourth-order valence-corrected chi connectivity index (χ4v) is 3.44. The predicted octanol–water partition coefficient (Wildman–Crippen LogP) is 5.02. The van der Waals surface area contributed by atoms with Gasteiger partial charge in [0, 0.05) is 27.7 Å². The lowest BCUT2D eigenvalue weighted by atomic mass is 10.1. The molecule has 0 radical (unpaired) electrons. The van der Waals surface area contributed by atoms with Crippen molar-refractivity contribution in [1.82, 2.24) is 4.57 Å². The molecule has 7 heteroatoms. The molecule has 0 amide bonds. The second-order valence-corrected chi connectivity index (χ2v) is 7.22. The van der Waals surface area contributed by atoms with Gasteiger partial charge in [-0.1, -0.05) is 31.0 Å². The van der Waals surface area contributed by atoms with Crippen molar-refractivity contribution in [2.75, 3.05) is 6.61 Å². The summed E-state index contributed by atoms with van der Waals surface area (Å²) < 4.78 is 20.6. The smallest absolute Gasteiger partial charge is 0.310 e. The molecule has 0 saturated carbocycles. The van der Waals surface area contributed by atoms with Gasteiger partial charge in [0.1, 0.15) is 0 Å². The number of halogens is 2. The van der Waals surface area contributed by atoms with Crippen LogP contribution in [0.4, 0.5) is 4.39 Å². The van der Waals surface area contributed by atoms with Gasteiger partial charge < -0.3 is 9.84 Å². The third kappa shape index (κ3) is 4.27. The zero-order valence-corrected chi connectivity index (χ0v) is 16.9. The van der Waals surface area contributed by atoms with E-state index < -0.39 is 23.4 Å². The van der Waals surface area contributed by atoms with Crippen LogP contribution in [-0.2, 0) is 16.0 Å². The molecular weight excluding hydrogens is 397 g/mol. The van der Waals surface area contributed by atoms with E-state index >= 15 is 0 Å². The third-order valence-corrected chi connectivity index (χ3v) is 5.00. The van der Waals surface area contributed by atoms with E-state index in [2.05, 4.69) is 0 Å². The predicted molar refractivity (Wildman–Crippen MR) is 109 cm³/mol. The number of hydrogen-bond acceptors (Lipinski definition) is 4. The summed E-state index contributed by atoms with van der Waals surface area (Å²) in [6, 6.07) is 8.74. The molecule has 152 valence electrons.